The molecule has 112 heavy (non-hydrogen) atoms. The molecule has 5 amide bonds. The number of hydrogen-bond donors (Lipinski definition) is 1. The van der Waals surface area contributed by atoms with Gasteiger partial charge in [0.15, 0.2) is 0 Å². The van der Waals surface area contributed by atoms with Crippen LogP contribution in [0.25, 0.3) is 12.2 Å². The third kappa shape index (κ3) is 26.0. The van der Waals surface area contributed by atoms with E-state index in [4.69, 9.17) is 23.2 Å². The molecule has 4 aliphatic heterocycles. The Morgan fingerprint density at radius 2 is 0.964 bits per heavy atom. The fraction of sp³-hybridized carbons (Fsp3) is 0.239. The highest BCUT2D eigenvalue weighted by atomic mass is 79.9. The second-order valence-corrected chi connectivity index (χ2v) is 30.4. The number of halogens is 8. The van der Waals surface area contributed by atoms with Gasteiger partial charge >= 0.3 is 6.18 Å². The van der Waals surface area contributed by atoms with Crippen LogP contribution in [0.2, 0.25) is 10.0 Å². The van der Waals surface area contributed by atoms with E-state index in [0.29, 0.717) is 91.6 Å². The van der Waals surface area contributed by atoms with Crippen molar-refractivity contribution in [1.29, 1.82) is 0 Å². The smallest absolute Gasteiger partial charge is 0.352 e. The first-order valence-corrected chi connectivity index (χ1v) is 39.4. The summed E-state index contributed by atoms with van der Waals surface area (Å²) < 4.78 is 91.2. The number of rotatable bonds is 14. The fourth-order valence-electron chi connectivity index (χ4n) is 12.6. The molecule has 4 fully saturated rings. The highest BCUT2D eigenvalue weighted by molar-refractivity contribution is 9.10. The second-order valence-electron chi connectivity index (χ2n) is 26.6. The van der Waals surface area contributed by atoms with Gasteiger partial charge < -0.3 is 24.9 Å². The number of carbonyl (C=O) groups is 5. The normalized spacial score (nSPS) is 15.1. The predicted molar refractivity (Wildman–Crippen MR) is 431 cm³/mol. The van der Waals surface area contributed by atoms with Gasteiger partial charge in [-0.3, -0.25) is 33.8 Å². The van der Waals surface area contributed by atoms with E-state index in [2.05, 4.69) is 103 Å². The number of piperidine rings is 1. The highest BCUT2D eigenvalue weighted by Gasteiger charge is 2.32. The molecular weight excluding hydrogens is 1560 g/mol. The summed E-state index contributed by atoms with van der Waals surface area (Å²) in [4.78, 5) is 73.3. The lowest BCUT2D eigenvalue weighted by Gasteiger charge is -2.39. The largest absolute Gasteiger partial charge is 0.416 e. The van der Waals surface area contributed by atoms with Crippen LogP contribution in [0.3, 0.4) is 0 Å². The van der Waals surface area contributed by atoms with E-state index >= 15 is 0 Å². The molecule has 9 aromatic carbocycles. The van der Waals surface area contributed by atoms with Crippen molar-refractivity contribution in [2.75, 3.05) is 98.2 Å². The van der Waals surface area contributed by atoms with Crippen LogP contribution in [0.1, 0.15) is 73.7 Å². The summed E-state index contributed by atoms with van der Waals surface area (Å²) in [6.45, 7) is 9.37. The molecule has 0 atom stereocenters. The number of alkyl halides is 3. The molecule has 1 N–H and O–H groups in total. The molecule has 0 bridgehead atoms. The van der Waals surface area contributed by atoms with Gasteiger partial charge in [-0.05, 0) is 174 Å². The van der Waals surface area contributed by atoms with Crippen molar-refractivity contribution in [3.8, 4) is 23.7 Å². The lowest BCUT2D eigenvalue weighted by Crippen LogP contribution is -2.50. The molecule has 24 heteroatoms. The zero-order valence-corrected chi connectivity index (χ0v) is 65.0. The molecule has 0 unspecified atom stereocenters. The molecule has 0 aliphatic carbocycles. The first kappa shape index (κ1) is 83.9. The van der Waals surface area contributed by atoms with Gasteiger partial charge in [-0.1, -0.05) is 172 Å². The fourth-order valence-corrected chi connectivity index (χ4v) is 14.7. The minimum absolute atomic E-state index is 0.0108. The Hall–Kier alpha value is -10.5. The van der Waals surface area contributed by atoms with Gasteiger partial charge in [0.05, 0.1) is 16.5 Å². The number of benzene rings is 9. The molecule has 4 heterocycles. The summed E-state index contributed by atoms with van der Waals surface area (Å²) in [5, 5.41) is 3.96. The van der Waals surface area contributed by atoms with Gasteiger partial charge in [0.2, 0.25) is 21.8 Å². The molecule has 13 rings (SSSR count). The minimum Gasteiger partial charge on any atom is -0.352 e. The average Bonchev–Trinajstić information content (AvgIpc) is 0.802. The van der Waals surface area contributed by atoms with Crippen LogP contribution in [0.15, 0.2) is 258 Å². The lowest BCUT2D eigenvalue weighted by atomic mass is 9.96. The molecule has 9 aromatic rings. The van der Waals surface area contributed by atoms with Gasteiger partial charge in [0.1, 0.15) is 11.6 Å². The van der Waals surface area contributed by atoms with Crippen LogP contribution in [-0.2, 0) is 41.9 Å². The molecule has 0 radical (unpaired) electrons. The van der Waals surface area contributed by atoms with Crippen LogP contribution in [-0.4, -0.2) is 170 Å². The van der Waals surface area contributed by atoms with Crippen LogP contribution in [0.5, 0.6) is 0 Å². The summed E-state index contributed by atoms with van der Waals surface area (Å²) in [5.41, 5.74) is 6.38. The molecular formula is C88H82BrCl2F5N8O7S. The third-order valence-corrected chi connectivity index (χ3v) is 21.8. The zero-order chi connectivity index (χ0) is 79.4. The van der Waals surface area contributed by atoms with E-state index in [1.165, 1.54) is 82.2 Å². The third-order valence-electron chi connectivity index (χ3n) is 18.9. The van der Waals surface area contributed by atoms with Crippen molar-refractivity contribution in [2.45, 2.75) is 36.5 Å². The number of likely N-dealkylation sites (tertiary alicyclic amines) is 1. The van der Waals surface area contributed by atoms with Crippen molar-refractivity contribution in [3.63, 3.8) is 0 Å². The molecule has 4 saturated heterocycles. The molecule has 0 aromatic heterocycles. The summed E-state index contributed by atoms with van der Waals surface area (Å²) in [6, 6.07) is 68.4. The maximum absolute atomic E-state index is 12.9. The summed E-state index contributed by atoms with van der Waals surface area (Å²) in [6.07, 6.45) is 3.77. The van der Waals surface area contributed by atoms with Crippen LogP contribution in [0.4, 0.5) is 22.0 Å². The quantitative estimate of drug-likeness (QED) is 0.0636. The first-order chi connectivity index (χ1) is 54.0. The molecule has 578 valence electrons. The topological polar surface area (TPSA) is 154 Å². The van der Waals surface area contributed by atoms with Gasteiger partial charge in [0.25, 0.3) is 17.7 Å². The number of sulfonamides is 1. The monoisotopic (exact) mass is 1640 g/mol. The molecule has 0 spiro atoms. The first-order valence-electron chi connectivity index (χ1n) is 36.4. The maximum Gasteiger partial charge on any atom is 0.416 e. The maximum atomic E-state index is 12.9. The van der Waals surface area contributed by atoms with E-state index in [1.807, 2.05) is 107 Å². The van der Waals surface area contributed by atoms with Crippen LogP contribution < -0.4 is 5.32 Å². The zero-order valence-electron chi connectivity index (χ0n) is 61.1. The van der Waals surface area contributed by atoms with E-state index in [9.17, 15) is 54.3 Å². The number of carbonyl (C=O) groups excluding carboxylic acids is 5. The molecule has 4 aliphatic rings. The number of nitrogens with zero attached hydrogens (tertiary/aromatic N) is 7. The highest BCUT2D eigenvalue weighted by Crippen LogP contribution is 2.31. The standard InChI is InChI=1S/C26H24N2O.C22H22BrFN2O2.C21H18ClF3N2O.C19H18ClFN2O3S/c29-25(17-16-22-10-4-1-5-11-22)27-18-20-28(21-19-27)26(23-12-6-2-7-13-23)24-14-8-3-9-15-24;23-19-6-1-16(2-7-19)3-10-21(27)26-13-11-17(12-14-26)15-25-22(28)18-4-8-20(24)9-5-18;22-19-8-3-17(4-9-19)15-26-11-13-27(14-12-26)20(28)10-5-16-1-6-18(7-2-16)21(23,24)25;20-16-2-1-3-18(14-16)27(25,26)23-12-10-22(11-13-23)19(24)9-6-15-4-7-17(21)8-5-15/h1-15,26H,18-21H2;1-10,17H,11-15H2,(H,25,28);1-4,6-9H,11-15H2;1-9,14H,10-13H2/b;10-3+;;. The summed E-state index contributed by atoms with van der Waals surface area (Å²) in [5.74, 6) is 9.77. The summed E-state index contributed by atoms with van der Waals surface area (Å²) >= 11 is 15.2. The van der Waals surface area contributed by atoms with Gasteiger partial charge in [-0.2, -0.15) is 17.5 Å². The van der Waals surface area contributed by atoms with Gasteiger partial charge in [-0.15, -0.1) is 0 Å². The Kier molecular flexibility index (Phi) is 31.2. The van der Waals surface area contributed by atoms with Crippen LogP contribution in [0, 0.1) is 41.2 Å². The average molecular weight is 1640 g/mol. The number of hydrogen-bond acceptors (Lipinski definition) is 9. The summed E-state index contributed by atoms with van der Waals surface area (Å²) in [7, 11) is -3.64. The predicted octanol–water partition coefficient (Wildman–Crippen LogP) is 15.3. The Labute approximate surface area is 669 Å². The van der Waals surface area contributed by atoms with Crippen molar-refractivity contribution < 1.29 is 54.3 Å². The Morgan fingerprint density at radius 3 is 1.47 bits per heavy atom. The number of amides is 5. The minimum atomic E-state index is -4.38. The Morgan fingerprint density at radius 1 is 0.500 bits per heavy atom. The van der Waals surface area contributed by atoms with E-state index in [-0.39, 0.29) is 65.2 Å². The number of piperazine rings is 3. The van der Waals surface area contributed by atoms with Crippen molar-refractivity contribution >= 4 is 90.8 Å². The van der Waals surface area contributed by atoms with Crippen molar-refractivity contribution in [2.24, 2.45) is 5.92 Å². The van der Waals surface area contributed by atoms with E-state index in [0.717, 1.165) is 78.9 Å². The Balaban J connectivity index is 0.000000159. The molecule has 0 saturated carbocycles. The van der Waals surface area contributed by atoms with E-state index < -0.39 is 21.8 Å². The lowest BCUT2D eigenvalue weighted by molar-refractivity contribution is -0.137. The van der Waals surface area contributed by atoms with Crippen molar-refractivity contribution in [3.05, 3.63) is 325 Å². The Bertz CT molecular complexity index is 4870. The number of nitrogens with one attached hydrogen (secondary N) is 1. The second kappa shape index (κ2) is 41.7. The van der Waals surface area contributed by atoms with Crippen LogP contribution >= 0.6 is 39.1 Å². The van der Waals surface area contributed by atoms with Gasteiger partial charge in [-0.25, -0.2) is 17.2 Å². The SMILES string of the molecule is O=C(C#Cc1ccc(C(F)(F)F)cc1)N1CCN(Cc2ccc(Cl)cc2)CC1.O=C(C#Cc1ccccc1)N1CCN(C(c2ccccc2)c2ccccc2)CC1.O=C(C=Cc1ccc(F)cc1)N1CCN(S(=O)(=O)c2cccc(Cl)c2)CC1.O=C(NCC1CCN(C(=O)/C=C/c2ccc(Br)cc2)CC1)c1ccc(F)cc1. The van der Waals surface area contributed by atoms with Gasteiger partial charge in [0, 0.05) is 160 Å². The van der Waals surface area contributed by atoms with Crippen molar-refractivity contribution in [1.82, 2.24) is 39.0 Å². The molecule has 15 nitrogen and oxygen atoms in total. The van der Waals surface area contributed by atoms with E-state index in [1.54, 1.807) is 46.2 Å².